The van der Waals surface area contributed by atoms with Crippen molar-refractivity contribution >= 4 is 34.1 Å². The van der Waals surface area contributed by atoms with Gasteiger partial charge in [0.25, 0.3) is 0 Å². The van der Waals surface area contributed by atoms with Crippen molar-refractivity contribution in [1.82, 2.24) is 9.78 Å². The summed E-state index contributed by atoms with van der Waals surface area (Å²) in [6.07, 6.45) is 0.625. The molecule has 0 amide bonds. The number of hydrogen-bond donors (Lipinski definition) is 0. The second-order valence-corrected chi connectivity index (χ2v) is 5.89. The largest absolute Gasteiger partial charge is 0.272 e. The van der Waals surface area contributed by atoms with Crippen molar-refractivity contribution in [2.75, 3.05) is 0 Å². The van der Waals surface area contributed by atoms with Gasteiger partial charge in [0.15, 0.2) is 0 Å². The minimum absolute atomic E-state index is 0.625. The van der Waals surface area contributed by atoms with Crippen LogP contribution in [0.2, 0.25) is 10.0 Å². The Labute approximate surface area is 146 Å². The predicted octanol–water partition coefficient (Wildman–Crippen LogP) is 5.78. The lowest BCUT2D eigenvalue weighted by atomic mass is 10.0. The van der Waals surface area contributed by atoms with Gasteiger partial charge in [-0.15, -0.1) is 0 Å². The van der Waals surface area contributed by atoms with E-state index < -0.39 is 0 Å². The van der Waals surface area contributed by atoms with Crippen molar-refractivity contribution in [3.05, 3.63) is 52.1 Å². The zero-order valence-corrected chi connectivity index (χ0v) is 14.8. The molecule has 0 unspecified atom stereocenters. The number of aromatic nitrogens is 2. The Kier molecular flexibility index (Phi) is 5.65. The number of benzene rings is 2. The Balaban J connectivity index is 0.000000433. The van der Waals surface area contributed by atoms with E-state index in [2.05, 4.69) is 18.1 Å². The number of halogens is 2. The SMILES string of the molecule is CCC#N.Cc1c2cccc(-c3ccc(Cl)cc3Cl)c2nn1C. The fourth-order valence-corrected chi connectivity index (χ4v) is 2.78. The van der Waals surface area contributed by atoms with Crippen molar-refractivity contribution in [2.24, 2.45) is 7.05 Å². The van der Waals surface area contributed by atoms with E-state index in [1.807, 2.05) is 49.0 Å². The lowest BCUT2D eigenvalue weighted by Crippen LogP contribution is -1.91. The molecule has 1 heterocycles. The minimum atomic E-state index is 0.625. The molecular weight excluding hydrogens is 329 g/mol. The van der Waals surface area contributed by atoms with E-state index in [-0.39, 0.29) is 0 Å². The zero-order valence-electron chi connectivity index (χ0n) is 13.3. The van der Waals surface area contributed by atoms with Crippen LogP contribution < -0.4 is 0 Å². The molecule has 0 spiro atoms. The van der Waals surface area contributed by atoms with Gasteiger partial charge in [-0.05, 0) is 19.1 Å². The van der Waals surface area contributed by atoms with Crippen LogP contribution in [-0.4, -0.2) is 9.78 Å². The van der Waals surface area contributed by atoms with Gasteiger partial charge in [0.1, 0.15) is 5.52 Å². The van der Waals surface area contributed by atoms with Crippen LogP contribution in [0, 0.1) is 18.3 Å². The van der Waals surface area contributed by atoms with Gasteiger partial charge < -0.3 is 0 Å². The van der Waals surface area contributed by atoms with Gasteiger partial charge in [-0.25, -0.2) is 0 Å². The predicted molar refractivity (Wildman–Crippen MR) is 96.8 cm³/mol. The molecule has 2 aromatic carbocycles. The average molecular weight is 346 g/mol. The Morgan fingerprint density at radius 1 is 1.17 bits per heavy atom. The van der Waals surface area contributed by atoms with Crippen LogP contribution in [0.25, 0.3) is 22.0 Å². The molecule has 23 heavy (non-hydrogen) atoms. The van der Waals surface area contributed by atoms with Gasteiger partial charge in [0.05, 0.1) is 6.07 Å². The third kappa shape index (κ3) is 3.67. The highest BCUT2D eigenvalue weighted by Crippen LogP contribution is 2.35. The van der Waals surface area contributed by atoms with Crippen molar-refractivity contribution in [1.29, 1.82) is 5.26 Å². The molecular formula is C18H17Cl2N3. The highest BCUT2D eigenvalue weighted by atomic mass is 35.5. The number of fused-ring (bicyclic) bond motifs is 1. The van der Waals surface area contributed by atoms with Crippen molar-refractivity contribution in [2.45, 2.75) is 20.3 Å². The van der Waals surface area contributed by atoms with E-state index in [1.54, 1.807) is 6.07 Å². The van der Waals surface area contributed by atoms with E-state index >= 15 is 0 Å². The smallest absolute Gasteiger partial charge is 0.100 e. The van der Waals surface area contributed by atoms with Crippen molar-refractivity contribution < 1.29 is 0 Å². The maximum absolute atomic E-state index is 7.62. The highest BCUT2D eigenvalue weighted by Gasteiger charge is 2.12. The first kappa shape index (κ1) is 17.3. The Morgan fingerprint density at radius 3 is 2.48 bits per heavy atom. The van der Waals surface area contributed by atoms with Gasteiger partial charge in [-0.3, -0.25) is 4.68 Å². The molecule has 1 aromatic heterocycles. The number of hydrogen-bond acceptors (Lipinski definition) is 2. The van der Waals surface area contributed by atoms with E-state index in [4.69, 9.17) is 28.5 Å². The van der Waals surface area contributed by atoms with Gasteiger partial charge in [0.2, 0.25) is 0 Å². The summed E-state index contributed by atoms with van der Waals surface area (Å²) in [5.41, 5.74) is 4.09. The summed E-state index contributed by atoms with van der Waals surface area (Å²) in [5.74, 6) is 0. The molecule has 0 atom stereocenters. The number of aryl methyl sites for hydroxylation is 2. The lowest BCUT2D eigenvalue weighted by molar-refractivity contribution is 0.751. The molecule has 0 N–H and O–H groups in total. The molecule has 0 radical (unpaired) electrons. The molecule has 3 rings (SSSR count). The van der Waals surface area contributed by atoms with Gasteiger partial charge in [-0.2, -0.15) is 10.4 Å². The maximum atomic E-state index is 7.62. The molecule has 0 saturated carbocycles. The summed E-state index contributed by atoms with van der Waals surface area (Å²) in [6.45, 7) is 3.88. The van der Waals surface area contributed by atoms with E-state index in [9.17, 15) is 0 Å². The van der Waals surface area contributed by atoms with Crippen LogP contribution in [0.3, 0.4) is 0 Å². The van der Waals surface area contributed by atoms with Crippen LogP contribution in [0.4, 0.5) is 0 Å². The van der Waals surface area contributed by atoms with Crippen molar-refractivity contribution in [3.63, 3.8) is 0 Å². The fourth-order valence-electron chi connectivity index (χ4n) is 2.27. The third-order valence-electron chi connectivity index (χ3n) is 3.54. The highest BCUT2D eigenvalue weighted by molar-refractivity contribution is 6.36. The molecule has 3 nitrogen and oxygen atoms in total. The van der Waals surface area contributed by atoms with Crippen LogP contribution in [-0.2, 0) is 7.05 Å². The van der Waals surface area contributed by atoms with Crippen LogP contribution in [0.1, 0.15) is 19.0 Å². The molecule has 0 aliphatic heterocycles. The minimum Gasteiger partial charge on any atom is -0.272 e. The Bertz CT molecular complexity index is 876. The molecule has 118 valence electrons. The van der Waals surface area contributed by atoms with E-state index in [0.717, 1.165) is 27.7 Å². The average Bonchev–Trinajstić information content (AvgIpc) is 2.83. The molecule has 0 bridgehead atoms. The van der Waals surface area contributed by atoms with E-state index in [1.165, 1.54) is 0 Å². The quantitative estimate of drug-likeness (QED) is 0.561. The lowest BCUT2D eigenvalue weighted by Gasteiger charge is -2.05. The van der Waals surface area contributed by atoms with Crippen LogP contribution >= 0.6 is 23.2 Å². The first-order valence-electron chi connectivity index (χ1n) is 7.24. The Hall–Kier alpha value is -2.02. The molecule has 0 fully saturated rings. The zero-order chi connectivity index (χ0) is 17.0. The van der Waals surface area contributed by atoms with Crippen LogP contribution in [0.15, 0.2) is 36.4 Å². The normalized spacial score (nSPS) is 10.1. The summed E-state index contributed by atoms with van der Waals surface area (Å²) in [4.78, 5) is 0. The molecule has 0 aliphatic rings. The third-order valence-corrected chi connectivity index (χ3v) is 4.09. The summed E-state index contributed by atoms with van der Waals surface area (Å²) >= 11 is 12.2. The number of rotatable bonds is 1. The van der Waals surface area contributed by atoms with Gasteiger partial charge in [0, 0.05) is 45.7 Å². The molecule has 5 heteroatoms. The summed E-state index contributed by atoms with van der Waals surface area (Å²) in [5, 5.41) is 14.6. The second kappa shape index (κ2) is 7.50. The summed E-state index contributed by atoms with van der Waals surface area (Å²) < 4.78 is 1.89. The van der Waals surface area contributed by atoms with E-state index in [0.29, 0.717) is 16.5 Å². The standard InChI is InChI=1S/C15H12Cl2N2.C3H5N/c1-9-11-4-3-5-13(15(11)18-19(9)2)12-7-6-10(16)8-14(12)17;1-2-3-4/h3-8H,1-2H3;2H2,1H3. The fraction of sp³-hybridized carbons (Fsp3) is 0.222. The molecule has 0 saturated heterocycles. The first-order valence-corrected chi connectivity index (χ1v) is 7.99. The monoisotopic (exact) mass is 345 g/mol. The van der Waals surface area contributed by atoms with Gasteiger partial charge in [-0.1, -0.05) is 54.4 Å². The number of nitriles is 1. The van der Waals surface area contributed by atoms with Gasteiger partial charge >= 0.3 is 0 Å². The summed E-state index contributed by atoms with van der Waals surface area (Å²) in [6, 6.07) is 13.6. The first-order chi connectivity index (χ1) is 11.0. The maximum Gasteiger partial charge on any atom is 0.100 e. The second-order valence-electron chi connectivity index (χ2n) is 5.05. The Morgan fingerprint density at radius 2 is 1.87 bits per heavy atom. The summed E-state index contributed by atoms with van der Waals surface area (Å²) in [7, 11) is 1.95. The molecule has 3 aromatic rings. The van der Waals surface area contributed by atoms with Crippen molar-refractivity contribution in [3.8, 4) is 17.2 Å². The van der Waals surface area contributed by atoms with Crippen LogP contribution in [0.5, 0.6) is 0 Å². The molecule has 0 aliphatic carbocycles. The number of nitrogens with zero attached hydrogens (tertiary/aromatic N) is 3. The topological polar surface area (TPSA) is 41.6 Å².